The molecular weight excluding hydrogens is 238 g/mol. The van der Waals surface area contributed by atoms with Gasteiger partial charge in [-0.2, -0.15) is 0 Å². The number of likely N-dealkylation sites (tertiary alicyclic amines) is 1. The first kappa shape index (κ1) is 13.9. The number of hydrogen-bond acceptors (Lipinski definition) is 3. The standard InChI is InChI=1S/C15H23N3O/c1-12-6-4-5-10-18(12)11-9-17-15(19)13-7-2-3-8-14(13)16/h2-3,7-8,12H,4-6,9-11,16H2,1H3,(H,17,19). The van der Waals surface area contributed by atoms with Crippen LogP contribution < -0.4 is 11.1 Å². The topological polar surface area (TPSA) is 58.4 Å². The summed E-state index contributed by atoms with van der Waals surface area (Å²) in [6, 6.07) is 7.81. The van der Waals surface area contributed by atoms with Crippen LogP contribution in [-0.4, -0.2) is 36.5 Å². The lowest BCUT2D eigenvalue weighted by atomic mass is 10.0. The van der Waals surface area contributed by atoms with E-state index < -0.39 is 0 Å². The number of rotatable bonds is 4. The van der Waals surface area contributed by atoms with Crippen LogP contribution in [0.1, 0.15) is 36.5 Å². The second-order valence-corrected chi connectivity index (χ2v) is 5.22. The molecule has 1 fully saturated rings. The maximum atomic E-state index is 12.0. The van der Waals surface area contributed by atoms with Gasteiger partial charge in [0.15, 0.2) is 0 Å². The molecule has 1 aromatic rings. The van der Waals surface area contributed by atoms with Gasteiger partial charge in [-0.3, -0.25) is 9.69 Å². The van der Waals surface area contributed by atoms with Crippen molar-refractivity contribution in [3.05, 3.63) is 29.8 Å². The second kappa shape index (κ2) is 6.57. The van der Waals surface area contributed by atoms with E-state index in [9.17, 15) is 4.79 Å². The average Bonchev–Trinajstić information content (AvgIpc) is 2.41. The SMILES string of the molecule is CC1CCCCN1CCNC(=O)c1ccccc1N. The number of hydrogen-bond donors (Lipinski definition) is 2. The Morgan fingerprint density at radius 1 is 1.42 bits per heavy atom. The van der Waals surface area contributed by atoms with Gasteiger partial charge in [0.05, 0.1) is 5.56 Å². The highest BCUT2D eigenvalue weighted by Gasteiger charge is 2.17. The Labute approximate surface area is 115 Å². The average molecular weight is 261 g/mol. The first-order valence-corrected chi connectivity index (χ1v) is 7.05. The zero-order chi connectivity index (χ0) is 13.7. The number of nitrogens with two attached hydrogens (primary N) is 1. The van der Waals surface area contributed by atoms with Gasteiger partial charge in [0.25, 0.3) is 5.91 Å². The highest BCUT2D eigenvalue weighted by molar-refractivity contribution is 5.99. The minimum atomic E-state index is -0.0808. The Bertz CT molecular complexity index is 433. The third-order valence-corrected chi connectivity index (χ3v) is 3.83. The van der Waals surface area contributed by atoms with Crippen LogP contribution in [0.15, 0.2) is 24.3 Å². The molecule has 0 aromatic heterocycles. The van der Waals surface area contributed by atoms with Gasteiger partial charge in [-0.1, -0.05) is 18.6 Å². The zero-order valence-electron chi connectivity index (χ0n) is 11.6. The molecule has 104 valence electrons. The zero-order valence-corrected chi connectivity index (χ0v) is 11.6. The lowest BCUT2D eigenvalue weighted by Gasteiger charge is -2.33. The van der Waals surface area contributed by atoms with Crippen LogP contribution in [0.2, 0.25) is 0 Å². The van der Waals surface area contributed by atoms with Crippen LogP contribution >= 0.6 is 0 Å². The third-order valence-electron chi connectivity index (χ3n) is 3.83. The molecule has 3 N–H and O–H groups in total. The highest BCUT2D eigenvalue weighted by atomic mass is 16.1. The first-order valence-electron chi connectivity index (χ1n) is 7.05. The maximum Gasteiger partial charge on any atom is 0.253 e. The van der Waals surface area contributed by atoms with Crippen molar-refractivity contribution in [2.75, 3.05) is 25.4 Å². The molecular formula is C15H23N3O. The highest BCUT2D eigenvalue weighted by Crippen LogP contribution is 2.15. The molecule has 1 unspecified atom stereocenters. The van der Waals surface area contributed by atoms with Gasteiger partial charge in [0, 0.05) is 24.8 Å². The van der Waals surface area contributed by atoms with E-state index in [2.05, 4.69) is 17.1 Å². The van der Waals surface area contributed by atoms with Gasteiger partial charge < -0.3 is 11.1 Å². The van der Waals surface area contributed by atoms with Crippen molar-refractivity contribution in [1.82, 2.24) is 10.2 Å². The molecule has 0 spiro atoms. The Balaban J connectivity index is 1.79. The lowest BCUT2D eigenvalue weighted by molar-refractivity contribution is 0.0939. The summed E-state index contributed by atoms with van der Waals surface area (Å²) in [4.78, 5) is 14.4. The normalized spacial score (nSPS) is 20.2. The number of anilines is 1. The molecule has 1 aliphatic heterocycles. The Kier molecular flexibility index (Phi) is 4.80. The number of carbonyl (C=O) groups excluding carboxylic acids is 1. The molecule has 4 heteroatoms. The van der Waals surface area contributed by atoms with Crippen LogP contribution in [0.4, 0.5) is 5.69 Å². The Morgan fingerprint density at radius 2 is 2.21 bits per heavy atom. The van der Waals surface area contributed by atoms with Crippen LogP contribution in [-0.2, 0) is 0 Å². The molecule has 1 atom stereocenters. The Hall–Kier alpha value is -1.55. The van der Waals surface area contributed by atoms with Crippen molar-refractivity contribution in [3.63, 3.8) is 0 Å². The number of amides is 1. The summed E-state index contributed by atoms with van der Waals surface area (Å²) in [5, 5.41) is 2.95. The van der Waals surface area contributed by atoms with Crippen molar-refractivity contribution in [2.45, 2.75) is 32.2 Å². The van der Waals surface area contributed by atoms with E-state index in [4.69, 9.17) is 5.73 Å². The summed E-state index contributed by atoms with van der Waals surface area (Å²) < 4.78 is 0. The van der Waals surface area contributed by atoms with Crippen molar-refractivity contribution in [2.24, 2.45) is 0 Å². The van der Waals surface area contributed by atoms with Crippen molar-refractivity contribution >= 4 is 11.6 Å². The van der Waals surface area contributed by atoms with E-state index in [-0.39, 0.29) is 5.91 Å². The summed E-state index contributed by atoms with van der Waals surface area (Å²) in [5.41, 5.74) is 6.88. The van der Waals surface area contributed by atoms with Crippen molar-refractivity contribution in [3.8, 4) is 0 Å². The van der Waals surface area contributed by atoms with Crippen LogP contribution in [0.3, 0.4) is 0 Å². The van der Waals surface area contributed by atoms with Crippen LogP contribution in [0.25, 0.3) is 0 Å². The van der Waals surface area contributed by atoms with Gasteiger partial charge in [-0.05, 0) is 38.4 Å². The van der Waals surface area contributed by atoms with Crippen molar-refractivity contribution in [1.29, 1.82) is 0 Å². The smallest absolute Gasteiger partial charge is 0.253 e. The molecule has 1 aromatic carbocycles. The summed E-state index contributed by atoms with van der Waals surface area (Å²) in [6.45, 7) is 5.00. The summed E-state index contributed by atoms with van der Waals surface area (Å²) in [5.74, 6) is -0.0808. The molecule has 1 amide bonds. The first-order chi connectivity index (χ1) is 9.18. The van der Waals surface area contributed by atoms with E-state index in [1.54, 1.807) is 12.1 Å². The Morgan fingerprint density at radius 3 is 2.95 bits per heavy atom. The predicted molar refractivity (Wildman–Crippen MR) is 78.1 cm³/mol. The van der Waals surface area contributed by atoms with Gasteiger partial charge in [0.1, 0.15) is 0 Å². The largest absolute Gasteiger partial charge is 0.398 e. The molecule has 0 saturated carbocycles. The molecule has 1 saturated heterocycles. The monoisotopic (exact) mass is 261 g/mol. The fourth-order valence-electron chi connectivity index (χ4n) is 2.60. The van der Waals surface area contributed by atoms with E-state index in [1.165, 1.54) is 19.3 Å². The molecule has 4 nitrogen and oxygen atoms in total. The fourth-order valence-corrected chi connectivity index (χ4v) is 2.60. The molecule has 0 radical (unpaired) electrons. The minimum absolute atomic E-state index is 0.0808. The number of carbonyl (C=O) groups is 1. The van der Waals surface area contributed by atoms with Gasteiger partial charge in [-0.25, -0.2) is 0 Å². The molecule has 1 heterocycles. The summed E-state index contributed by atoms with van der Waals surface area (Å²) in [7, 11) is 0. The maximum absolute atomic E-state index is 12.0. The van der Waals surface area contributed by atoms with Crippen LogP contribution in [0, 0.1) is 0 Å². The van der Waals surface area contributed by atoms with Crippen LogP contribution in [0.5, 0.6) is 0 Å². The summed E-state index contributed by atoms with van der Waals surface area (Å²) in [6.07, 6.45) is 3.86. The number of benzene rings is 1. The molecule has 19 heavy (non-hydrogen) atoms. The number of piperidine rings is 1. The van der Waals surface area contributed by atoms with Gasteiger partial charge in [0.2, 0.25) is 0 Å². The third kappa shape index (κ3) is 3.70. The molecule has 0 aliphatic carbocycles. The van der Waals surface area contributed by atoms with Gasteiger partial charge >= 0.3 is 0 Å². The van der Waals surface area contributed by atoms with E-state index in [1.807, 2.05) is 12.1 Å². The minimum Gasteiger partial charge on any atom is -0.398 e. The van der Waals surface area contributed by atoms with E-state index >= 15 is 0 Å². The number of nitrogens with one attached hydrogen (secondary N) is 1. The number of nitrogen functional groups attached to an aromatic ring is 1. The van der Waals surface area contributed by atoms with Crippen molar-refractivity contribution < 1.29 is 4.79 Å². The lowest BCUT2D eigenvalue weighted by Crippen LogP contribution is -2.42. The quantitative estimate of drug-likeness (QED) is 0.814. The molecule has 2 rings (SSSR count). The second-order valence-electron chi connectivity index (χ2n) is 5.22. The number of para-hydroxylation sites is 1. The van der Waals surface area contributed by atoms with Gasteiger partial charge in [-0.15, -0.1) is 0 Å². The summed E-state index contributed by atoms with van der Waals surface area (Å²) >= 11 is 0. The van der Waals surface area contributed by atoms with E-state index in [0.29, 0.717) is 23.8 Å². The van der Waals surface area contributed by atoms with E-state index in [0.717, 1.165) is 13.1 Å². The molecule has 0 bridgehead atoms. The molecule has 1 aliphatic rings. The predicted octanol–water partition coefficient (Wildman–Crippen LogP) is 1.87. The number of nitrogens with zero attached hydrogens (tertiary/aromatic N) is 1. The fraction of sp³-hybridized carbons (Fsp3) is 0.533.